The average Bonchev–Trinajstić information content (AvgIpc) is 2.30. The third kappa shape index (κ3) is 2.73. The lowest BCUT2D eigenvalue weighted by molar-refractivity contribution is 0.0697. The molecule has 0 aliphatic heterocycles. The van der Waals surface area contributed by atoms with E-state index in [0.717, 1.165) is 11.1 Å². The van der Waals surface area contributed by atoms with Crippen LogP contribution in [0.3, 0.4) is 0 Å². The van der Waals surface area contributed by atoms with E-state index < -0.39 is 5.97 Å². The summed E-state index contributed by atoms with van der Waals surface area (Å²) < 4.78 is 0. The number of hydrogen-bond donors (Lipinski definition) is 1. The zero-order valence-electron chi connectivity index (χ0n) is 8.05. The van der Waals surface area contributed by atoms with E-state index >= 15 is 0 Å². The summed E-state index contributed by atoms with van der Waals surface area (Å²) in [6, 6.07) is 16.7. The molecule has 80 valence electrons. The standard InChI is InChI=1S/C13H10O2.Al.3H/c14-13(15)12-8-6-11(7-9-12)10-4-2-1-3-5-10;;;;/h1-9H,(H,14,15);;;;. The maximum atomic E-state index is 10.6. The van der Waals surface area contributed by atoms with Crippen molar-refractivity contribution in [2.45, 2.75) is 0 Å². The van der Waals surface area contributed by atoms with Crippen LogP contribution in [0.5, 0.6) is 0 Å². The maximum Gasteiger partial charge on any atom is 0.335 e. The predicted octanol–water partition coefficient (Wildman–Crippen LogP) is 1.87. The smallest absolute Gasteiger partial charge is 0.335 e. The number of carboxylic acid groups (broad SMARTS) is 1. The summed E-state index contributed by atoms with van der Waals surface area (Å²) in [7, 11) is 0. The van der Waals surface area contributed by atoms with E-state index in [9.17, 15) is 4.79 Å². The van der Waals surface area contributed by atoms with Crippen LogP contribution in [-0.2, 0) is 0 Å². The second kappa shape index (κ2) is 5.51. The van der Waals surface area contributed by atoms with Crippen LogP contribution in [0.15, 0.2) is 54.6 Å². The van der Waals surface area contributed by atoms with Crippen LogP contribution in [0.1, 0.15) is 10.4 Å². The van der Waals surface area contributed by atoms with Gasteiger partial charge in [-0.2, -0.15) is 0 Å². The highest BCUT2D eigenvalue weighted by atomic mass is 27.0. The van der Waals surface area contributed by atoms with Gasteiger partial charge >= 0.3 is 5.97 Å². The maximum absolute atomic E-state index is 10.6. The van der Waals surface area contributed by atoms with Crippen molar-refractivity contribution in [2.75, 3.05) is 0 Å². The number of carboxylic acids is 1. The van der Waals surface area contributed by atoms with E-state index in [2.05, 4.69) is 0 Å². The third-order valence-corrected chi connectivity index (χ3v) is 2.24. The fourth-order valence-corrected chi connectivity index (χ4v) is 1.44. The molecule has 0 unspecified atom stereocenters. The first-order chi connectivity index (χ1) is 7.27. The Morgan fingerprint density at radius 1 is 0.812 bits per heavy atom. The molecule has 0 radical (unpaired) electrons. The molecule has 0 aliphatic carbocycles. The van der Waals surface area contributed by atoms with E-state index in [1.54, 1.807) is 12.1 Å². The molecular weight excluding hydrogens is 215 g/mol. The Labute approximate surface area is 105 Å². The van der Waals surface area contributed by atoms with Crippen LogP contribution in [0.4, 0.5) is 0 Å². The number of benzene rings is 2. The van der Waals surface area contributed by atoms with Crippen LogP contribution in [-0.4, -0.2) is 28.4 Å². The molecule has 0 bridgehead atoms. The van der Waals surface area contributed by atoms with Gasteiger partial charge in [0.05, 0.1) is 5.56 Å². The van der Waals surface area contributed by atoms with Gasteiger partial charge in [-0.05, 0) is 23.3 Å². The van der Waals surface area contributed by atoms with Gasteiger partial charge in [0, 0.05) is 0 Å². The summed E-state index contributed by atoms with van der Waals surface area (Å²) in [5.74, 6) is -0.894. The molecule has 3 heteroatoms. The van der Waals surface area contributed by atoms with Gasteiger partial charge in [0.1, 0.15) is 0 Å². The quantitative estimate of drug-likeness (QED) is 0.797. The highest BCUT2D eigenvalue weighted by molar-refractivity contribution is 5.88. The Balaban J connectivity index is 0.00000128. The van der Waals surface area contributed by atoms with Gasteiger partial charge in [0.2, 0.25) is 0 Å². The van der Waals surface area contributed by atoms with Crippen molar-refractivity contribution in [3.05, 3.63) is 60.2 Å². The highest BCUT2D eigenvalue weighted by Crippen LogP contribution is 2.18. The topological polar surface area (TPSA) is 37.3 Å². The summed E-state index contributed by atoms with van der Waals surface area (Å²) in [6.07, 6.45) is 0. The average molecular weight is 228 g/mol. The Kier molecular flexibility index (Phi) is 4.31. The molecule has 2 rings (SSSR count). The molecular formula is C13H13AlO2. The molecule has 2 aromatic carbocycles. The first kappa shape index (κ1) is 12.5. The molecule has 0 atom stereocenters. The summed E-state index contributed by atoms with van der Waals surface area (Å²) in [5.41, 5.74) is 2.43. The normalized spacial score (nSPS) is 9.25. The molecule has 2 aromatic rings. The first-order valence-corrected chi connectivity index (χ1v) is 4.66. The molecule has 0 aliphatic rings. The fraction of sp³-hybridized carbons (Fsp3) is 0. The van der Waals surface area contributed by atoms with Gasteiger partial charge in [-0.15, -0.1) is 0 Å². The monoisotopic (exact) mass is 228 g/mol. The molecule has 0 saturated heterocycles. The lowest BCUT2D eigenvalue weighted by Crippen LogP contribution is -1.94. The van der Waals surface area contributed by atoms with Gasteiger partial charge in [0.15, 0.2) is 17.4 Å². The van der Waals surface area contributed by atoms with Crippen LogP contribution >= 0.6 is 0 Å². The second-order valence-corrected chi connectivity index (χ2v) is 3.25. The van der Waals surface area contributed by atoms with Crippen molar-refractivity contribution in [1.82, 2.24) is 0 Å². The van der Waals surface area contributed by atoms with Gasteiger partial charge in [-0.3, -0.25) is 0 Å². The van der Waals surface area contributed by atoms with Crippen molar-refractivity contribution in [1.29, 1.82) is 0 Å². The summed E-state index contributed by atoms with van der Waals surface area (Å²) in [6.45, 7) is 0. The SMILES string of the molecule is O=C(O)c1ccc(-c2ccccc2)cc1.[AlH3]. The number of carbonyl (C=O) groups is 1. The molecule has 0 fully saturated rings. The minimum atomic E-state index is -0.894. The molecule has 0 heterocycles. The molecule has 16 heavy (non-hydrogen) atoms. The van der Waals surface area contributed by atoms with E-state index in [0.29, 0.717) is 5.56 Å². The van der Waals surface area contributed by atoms with E-state index in [1.165, 1.54) is 0 Å². The number of aromatic carboxylic acids is 1. The number of rotatable bonds is 2. The lowest BCUT2D eigenvalue weighted by Gasteiger charge is -2.01. The summed E-state index contributed by atoms with van der Waals surface area (Å²) >= 11 is 0. The van der Waals surface area contributed by atoms with Crippen LogP contribution in [0, 0.1) is 0 Å². The van der Waals surface area contributed by atoms with Crippen molar-refractivity contribution < 1.29 is 9.90 Å². The summed E-state index contributed by atoms with van der Waals surface area (Å²) in [5, 5.41) is 8.75. The fourth-order valence-electron chi connectivity index (χ4n) is 1.44. The first-order valence-electron chi connectivity index (χ1n) is 4.66. The zero-order chi connectivity index (χ0) is 10.7. The Hall–Kier alpha value is -1.56. The third-order valence-electron chi connectivity index (χ3n) is 2.24. The van der Waals surface area contributed by atoms with Crippen molar-refractivity contribution in [3.8, 4) is 11.1 Å². The minimum Gasteiger partial charge on any atom is -0.478 e. The molecule has 0 spiro atoms. The van der Waals surface area contributed by atoms with Gasteiger partial charge < -0.3 is 5.11 Å². The van der Waals surface area contributed by atoms with Gasteiger partial charge in [0.25, 0.3) is 0 Å². The zero-order valence-corrected chi connectivity index (χ0v) is 8.05. The summed E-state index contributed by atoms with van der Waals surface area (Å²) in [4.78, 5) is 10.6. The highest BCUT2D eigenvalue weighted by Gasteiger charge is 2.02. The van der Waals surface area contributed by atoms with Crippen molar-refractivity contribution in [2.24, 2.45) is 0 Å². The van der Waals surface area contributed by atoms with Crippen LogP contribution in [0.2, 0.25) is 0 Å². The number of hydrogen-bond acceptors (Lipinski definition) is 1. The molecule has 0 aromatic heterocycles. The van der Waals surface area contributed by atoms with E-state index in [1.807, 2.05) is 42.5 Å². The Bertz CT molecular complexity index is 463. The van der Waals surface area contributed by atoms with Crippen molar-refractivity contribution in [3.63, 3.8) is 0 Å². The molecule has 0 amide bonds. The molecule has 0 saturated carbocycles. The van der Waals surface area contributed by atoms with Gasteiger partial charge in [-0.25, -0.2) is 4.79 Å². The predicted molar refractivity (Wildman–Crippen MR) is 68.8 cm³/mol. The minimum absolute atomic E-state index is 0. The van der Waals surface area contributed by atoms with Crippen molar-refractivity contribution >= 4 is 23.3 Å². The second-order valence-electron chi connectivity index (χ2n) is 3.25. The lowest BCUT2D eigenvalue weighted by atomic mass is 10.0. The molecule has 1 N–H and O–H groups in total. The molecule has 2 nitrogen and oxygen atoms in total. The Morgan fingerprint density at radius 2 is 1.31 bits per heavy atom. The van der Waals surface area contributed by atoms with Crippen LogP contribution < -0.4 is 0 Å². The van der Waals surface area contributed by atoms with Gasteiger partial charge in [-0.1, -0.05) is 42.5 Å². The largest absolute Gasteiger partial charge is 0.478 e. The van der Waals surface area contributed by atoms with Crippen LogP contribution in [0.25, 0.3) is 11.1 Å². The van der Waals surface area contributed by atoms with E-state index in [4.69, 9.17) is 5.11 Å². The Morgan fingerprint density at radius 3 is 1.81 bits per heavy atom. The van der Waals surface area contributed by atoms with E-state index in [-0.39, 0.29) is 17.4 Å².